The van der Waals surface area contributed by atoms with Gasteiger partial charge in [0, 0.05) is 34.3 Å². The zero-order valence-corrected chi connectivity index (χ0v) is 19.2. The summed E-state index contributed by atoms with van der Waals surface area (Å²) >= 11 is 18.4. The number of nitrogens with one attached hydrogen (secondary N) is 1. The molecule has 0 aromatic heterocycles. The number of hydrogen-bond donors (Lipinski definition) is 1. The van der Waals surface area contributed by atoms with Crippen molar-refractivity contribution >= 4 is 46.6 Å². The summed E-state index contributed by atoms with van der Waals surface area (Å²) in [5.41, 5.74) is 4.23. The Morgan fingerprint density at radius 2 is 1.68 bits per heavy atom. The van der Waals surface area contributed by atoms with Crippen LogP contribution in [0.25, 0.3) is 0 Å². The molecule has 4 rings (SSSR count). The van der Waals surface area contributed by atoms with Crippen LogP contribution in [0, 0.1) is 0 Å². The molecular formula is C24H20Cl3NO3. The SMILES string of the molecule is COC(=O)C1=C(C)NC2=C(C(=O)C[C@H](c3ccc(Cl)cc3)C2)[C@@H]1c1ccc(Cl)c(Cl)c1. The number of carbonyl (C=O) groups is 2. The number of rotatable bonds is 3. The van der Waals surface area contributed by atoms with Gasteiger partial charge in [-0.25, -0.2) is 4.79 Å². The Labute approximate surface area is 195 Å². The predicted molar refractivity (Wildman–Crippen MR) is 123 cm³/mol. The minimum Gasteiger partial charge on any atom is -0.466 e. The summed E-state index contributed by atoms with van der Waals surface area (Å²) in [6.45, 7) is 1.82. The third kappa shape index (κ3) is 4.12. The van der Waals surface area contributed by atoms with Gasteiger partial charge in [-0.3, -0.25) is 4.79 Å². The maximum absolute atomic E-state index is 13.4. The lowest BCUT2D eigenvalue weighted by molar-refractivity contribution is -0.136. The lowest BCUT2D eigenvalue weighted by Crippen LogP contribution is -2.36. The molecule has 0 amide bonds. The molecule has 2 aromatic rings. The first kappa shape index (κ1) is 21.9. The second-order valence-corrected chi connectivity index (χ2v) is 8.98. The molecule has 0 spiro atoms. The highest BCUT2D eigenvalue weighted by Crippen LogP contribution is 2.46. The molecular weight excluding hydrogens is 457 g/mol. The standard InChI is InChI=1S/C24H20Cl3NO3/c1-12-21(24(30)31-2)22(14-5-8-17(26)18(27)9-14)23-19(28-12)10-15(11-20(23)29)13-3-6-16(25)7-4-13/h3-9,15,22,28H,10-11H2,1-2H3/t15-,22-/m1/s1. The smallest absolute Gasteiger partial charge is 0.336 e. The normalized spacial score (nSPS) is 21.0. The highest BCUT2D eigenvalue weighted by molar-refractivity contribution is 6.42. The molecule has 1 heterocycles. The minimum absolute atomic E-state index is 0.0151. The van der Waals surface area contributed by atoms with Crippen molar-refractivity contribution in [2.75, 3.05) is 7.11 Å². The van der Waals surface area contributed by atoms with Crippen molar-refractivity contribution in [1.82, 2.24) is 5.32 Å². The van der Waals surface area contributed by atoms with Crippen LogP contribution in [-0.4, -0.2) is 18.9 Å². The lowest BCUT2D eigenvalue weighted by Gasteiger charge is -2.36. The molecule has 2 atom stereocenters. The van der Waals surface area contributed by atoms with E-state index in [1.165, 1.54) is 7.11 Å². The van der Waals surface area contributed by atoms with Gasteiger partial charge in [0.05, 0.1) is 22.7 Å². The van der Waals surface area contributed by atoms with Gasteiger partial charge in [0.1, 0.15) is 0 Å². The third-order valence-corrected chi connectivity index (χ3v) is 6.84. The molecule has 0 saturated heterocycles. The summed E-state index contributed by atoms with van der Waals surface area (Å²) in [4.78, 5) is 26.1. The number of halogens is 3. The van der Waals surface area contributed by atoms with Crippen LogP contribution in [0.2, 0.25) is 15.1 Å². The fourth-order valence-electron chi connectivity index (χ4n) is 4.42. The van der Waals surface area contributed by atoms with Crippen molar-refractivity contribution in [3.63, 3.8) is 0 Å². The van der Waals surface area contributed by atoms with Gasteiger partial charge >= 0.3 is 5.97 Å². The fraction of sp³-hybridized carbons (Fsp3) is 0.250. The van der Waals surface area contributed by atoms with Gasteiger partial charge in [0.2, 0.25) is 0 Å². The summed E-state index contributed by atoms with van der Waals surface area (Å²) in [6, 6.07) is 12.7. The molecule has 4 nitrogen and oxygen atoms in total. The first-order valence-corrected chi connectivity index (χ1v) is 11.0. The van der Waals surface area contributed by atoms with E-state index in [2.05, 4.69) is 5.32 Å². The van der Waals surface area contributed by atoms with Crippen molar-refractivity contribution in [1.29, 1.82) is 0 Å². The number of ether oxygens (including phenoxy) is 1. The summed E-state index contributed by atoms with van der Waals surface area (Å²) in [6.07, 6.45) is 0.986. The van der Waals surface area contributed by atoms with Gasteiger partial charge in [0.15, 0.2) is 5.78 Å². The number of ketones is 1. The predicted octanol–water partition coefficient (Wildman–Crippen LogP) is 6.18. The Hall–Kier alpha value is -2.27. The molecule has 7 heteroatoms. The molecule has 160 valence electrons. The molecule has 31 heavy (non-hydrogen) atoms. The topological polar surface area (TPSA) is 55.4 Å². The number of esters is 1. The number of hydrogen-bond acceptors (Lipinski definition) is 4. The van der Waals surface area contributed by atoms with Crippen molar-refractivity contribution in [3.05, 3.63) is 91.2 Å². The van der Waals surface area contributed by atoms with Gasteiger partial charge in [-0.1, -0.05) is 53.0 Å². The number of carbonyl (C=O) groups excluding carboxylic acids is 2. The molecule has 0 unspecified atom stereocenters. The van der Waals surface area contributed by atoms with E-state index in [1.807, 2.05) is 31.2 Å². The molecule has 0 bridgehead atoms. The summed E-state index contributed by atoms with van der Waals surface area (Å²) < 4.78 is 5.04. The third-order valence-electron chi connectivity index (χ3n) is 5.85. The molecule has 1 N–H and O–H groups in total. The molecule has 0 radical (unpaired) electrons. The van der Waals surface area contributed by atoms with Crippen LogP contribution < -0.4 is 5.32 Å². The highest BCUT2D eigenvalue weighted by atomic mass is 35.5. The zero-order chi connectivity index (χ0) is 22.3. The van der Waals surface area contributed by atoms with Crippen molar-refractivity contribution < 1.29 is 14.3 Å². The van der Waals surface area contributed by atoms with Crippen LogP contribution in [0.5, 0.6) is 0 Å². The van der Waals surface area contributed by atoms with E-state index in [4.69, 9.17) is 39.5 Å². The van der Waals surface area contributed by atoms with E-state index in [0.29, 0.717) is 44.8 Å². The van der Waals surface area contributed by atoms with Gasteiger partial charge in [-0.15, -0.1) is 0 Å². The lowest BCUT2D eigenvalue weighted by atomic mass is 9.72. The summed E-state index contributed by atoms with van der Waals surface area (Å²) in [5, 5.41) is 4.73. The molecule has 0 fully saturated rings. The van der Waals surface area contributed by atoms with Crippen LogP contribution in [0.15, 0.2) is 65.0 Å². The second kappa shape index (κ2) is 8.70. The second-order valence-electron chi connectivity index (χ2n) is 7.73. The maximum atomic E-state index is 13.4. The van der Waals surface area contributed by atoms with E-state index in [-0.39, 0.29) is 11.7 Å². The largest absolute Gasteiger partial charge is 0.466 e. The minimum atomic E-state index is -0.572. The number of methoxy groups -OCH3 is 1. The average molecular weight is 477 g/mol. The van der Waals surface area contributed by atoms with E-state index in [0.717, 1.165) is 16.8 Å². The maximum Gasteiger partial charge on any atom is 0.336 e. The number of Topliss-reactive ketones (excluding diaryl/α,β-unsaturated/α-hetero) is 1. The van der Waals surface area contributed by atoms with Crippen LogP contribution in [-0.2, 0) is 14.3 Å². The Morgan fingerprint density at radius 3 is 2.32 bits per heavy atom. The quantitative estimate of drug-likeness (QED) is 0.537. The van der Waals surface area contributed by atoms with Gasteiger partial charge in [-0.2, -0.15) is 0 Å². The Morgan fingerprint density at radius 1 is 1.00 bits per heavy atom. The van der Waals surface area contributed by atoms with Gasteiger partial charge in [0.25, 0.3) is 0 Å². The van der Waals surface area contributed by atoms with Crippen LogP contribution in [0.1, 0.15) is 42.7 Å². The van der Waals surface area contributed by atoms with Crippen molar-refractivity contribution in [3.8, 4) is 0 Å². The Bertz CT molecular complexity index is 1140. The molecule has 0 saturated carbocycles. The first-order chi connectivity index (χ1) is 14.8. The van der Waals surface area contributed by atoms with Crippen molar-refractivity contribution in [2.45, 2.75) is 31.6 Å². The highest BCUT2D eigenvalue weighted by Gasteiger charge is 2.41. The van der Waals surface area contributed by atoms with E-state index >= 15 is 0 Å². The monoisotopic (exact) mass is 475 g/mol. The number of benzene rings is 2. The average Bonchev–Trinajstić information content (AvgIpc) is 2.74. The van der Waals surface area contributed by atoms with Gasteiger partial charge < -0.3 is 10.1 Å². The van der Waals surface area contributed by atoms with E-state index in [9.17, 15) is 9.59 Å². The van der Waals surface area contributed by atoms with Crippen LogP contribution in [0.4, 0.5) is 0 Å². The van der Waals surface area contributed by atoms with Crippen LogP contribution >= 0.6 is 34.8 Å². The number of dihydropyridines is 1. The fourth-order valence-corrected chi connectivity index (χ4v) is 4.85. The van der Waals surface area contributed by atoms with Gasteiger partial charge in [-0.05, 0) is 54.7 Å². The Kier molecular flexibility index (Phi) is 6.16. The number of allylic oxidation sites excluding steroid dienone is 3. The van der Waals surface area contributed by atoms with Crippen molar-refractivity contribution in [2.24, 2.45) is 0 Å². The Balaban J connectivity index is 1.81. The summed E-state index contributed by atoms with van der Waals surface area (Å²) in [5.74, 6) is -1.05. The summed E-state index contributed by atoms with van der Waals surface area (Å²) in [7, 11) is 1.33. The zero-order valence-electron chi connectivity index (χ0n) is 17.0. The molecule has 2 aliphatic rings. The van der Waals surface area contributed by atoms with E-state index < -0.39 is 11.9 Å². The molecule has 2 aromatic carbocycles. The molecule has 1 aliphatic carbocycles. The van der Waals surface area contributed by atoms with E-state index in [1.54, 1.807) is 18.2 Å². The van der Waals surface area contributed by atoms with Crippen LogP contribution in [0.3, 0.4) is 0 Å². The molecule has 1 aliphatic heterocycles. The first-order valence-electron chi connectivity index (χ1n) is 9.83.